The van der Waals surface area contributed by atoms with Gasteiger partial charge < -0.3 is 36.6 Å². The number of carbonyl (C=O) groups is 5. The molecule has 7 N–H and O–H groups in total. The van der Waals surface area contributed by atoms with Crippen LogP contribution in [-0.4, -0.2) is 87.7 Å². The Morgan fingerprint density at radius 2 is 1.64 bits per heavy atom. The Kier molecular flexibility index (Phi) is 11.5. The number of rotatable bonds is 14. The number of carboxylic acids is 2. The molecule has 0 radical (unpaired) electrons. The minimum absolute atomic E-state index is 0.00319. The summed E-state index contributed by atoms with van der Waals surface area (Å²) in [5.41, 5.74) is 0.554. The molecule has 198 valence electrons. The second kappa shape index (κ2) is 14.3. The third-order valence-electron chi connectivity index (χ3n) is 5.62. The van der Waals surface area contributed by atoms with Gasteiger partial charge in [-0.1, -0.05) is 12.1 Å². The fourth-order valence-electron chi connectivity index (χ4n) is 3.68. The monoisotopic (exact) mass is 524 g/mol. The lowest BCUT2D eigenvalue weighted by molar-refractivity contribution is -0.147. The van der Waals surface area contributed by atoms with Gasteiger partial charge in [0, 0.05) is 6.42 Å². The smallest absolute Gasteiger partial charge is 0.326 e. The first kappa shape index (κ1) is 28.9. The number of nitrogens with one attached hydrogen (secondary N) is 4. The van der Waals surface area contributed by atoms with Gasteiger partial charge in [0.05, 0.1) is 12.5 Å². The van der Waals surface area contributed by atoms with Gasteiger partial charge in [0.2, 0.25) is 17.7 Å². The van der Waals surface area contributed by atoms with E-state index in [1.807, 2.05) is 6.26 Å². The molecule has 2 rings (SSSR count). The van der Waals surface area contributed by atoms with Crippen LogP contribution in [0.5, 0.6) is 5.75 Å². The number of aromatic hydroxyl groups is 1. The number of benzene rings is 1. The largest absolute Gasteiger partial charge is 0.508 e. The third-order valence-corrected chi connectivity index (χ3v) is 6.27. The molecular weight excluding hydrogens is 492 g/mol. The van der Waals surface area contributed by atoms with E-state index in [1.54, 1.807) is 0 Å². The molecular formula is C23H32N4O8S. The number of hydrogen-bond acceptors (Lipinski definition) is 8. The molecule has 3 amide bonds. The average molecular weight is 525 g/mol. The highest BCUT2D eigenvalue weighted by molar-refractivity contribution is 7.98. The number of phenolic OH excluding ortho intramolecular Hbond substituents is 1. The molecule has 0 aliphatic carbocycles. The van der Waals surface area contributed by atoms with E-state index in [0.29, 0.717) is 30.7 Å². The summed E-state index contributed by atoms with van der Waals surface area (Å²) in [5, 5.41) is 38.3. The van der Waals surface area contributed by atoms with E-state index >= 15 is 0 Å². The van der Waals surface area contributed by atoms with Gasteiger partial charge in [-0.2, -0.15) is 11.8 Å². The van der Waals surface area contributed by atoms with Crippen LogP contribution in [0, 0.1) is 0 Å². The number of aliphatic carboxylic acids is 2. The Hall–Kier alpha value is -3.32. The Labute approximate surface area is 212 Å². The maximum atomic E-state index is 13.2. The molecule has 1 aliphatic heterocycles. The normalized spacial score (nSPS) is 17.4. The van der Waals surface area contributed by atoms with Crippen molar-refractivity contribution in [2.45, 2.75) is 56.3 Å². The molecule has 1 aromatic carbocycles. The number of carbonyl (C=O) groups excluding carboxylic acids is 3. The van der Waals surface area contributed by atoms with E-state index in [9.17, 15) is 34.2 Å². The highest BCUT2D eigenvalue weighted by Gasteiger charge is 2.32. The van der Waals surface area contributed by atoms with Crippen LogP contribution < -0.4 is 21.3 Å². The van der Waals surface area contributed by atoms with E-state index in [-0.39, 0.29) is 18.1 Å². The summed E-state index contributed by atoms with van der Waals surface area (Å²) in [6, 6.07) is 1.55. The Morgan fingerprint density at radius 3 is 2.19 bits per heavy atom. The van der Waals surface area contributed by atoms with Gasteiger partial charge in [-0.25, -0.2) is 4.79 Å². The fourth-order valence-corrected chi connectivity index (χ4v) is 4.15. The number of phenols is 1. The van der Waals surface area contributed by atoms with Crippen molar-refractivity contribution in [1.82, 2.24) is 21.3 Å². The van der Waals surface area contributed by atoms with Gasteiger partial charge in [0.25, 0.3) is 0 Å². The van der Waals surface area contributed by atoms with Crippen molar-refractivity contribution in [2.24, 2.45) is 0 Å². The van der Waals surface area contributed by atoms with Crippen molar-refractivity contribution in [3.63, 3.8) is 0 Å². The van der Waals surface area contributed by atoms with Crippen LogP contribution in [0.15, 0.2) is 24.3 Å². The van der Waals surface area contributed by atoms with Gasteiger partial charge in [-0.3, -0.25) is 19.2 Å². The minimum Gasteiger partial charge on any atom is -0.508 e. The SMILES string of the molecule is CSCCC(NC(=O)C1CCCN1)C(=O)NC(Cc1ccc(O)cc1)C(=O)NC(CC(=O)O)C(=O)O. The van der Waals surface area contributed by atoms with Crippen molar-refractivity contribution in [2.75, 3.05) is 18.6 Å². The maximum absolute atomic E-state index is 13.2. The van der Waals surface area contributed by atoms with Crippen molar-refractivity contribution in [3.8, 4) is 5.75 Å². The molecule has 13 heteroatoms. The lowest BCUT2D eigenvalue weighted by atomic mass is 10.0. The standard InChI is InChI=1S/C23H32N4O8S/c1-36-10-8-16(25-20(31)15-3-2-9-24-15)21(32)26-17(11-13-4-6-14(28)7-5-13)22(33)27-18(23(34)35)12-19(29)30/h4-7,15-18,24,28H,2-3,8-12H2,1H3,(H,25,31)(H,26,32)(H,27,33)(H,29,30)(H,34,35). The van der Waals surface area contributed by atoms with Gasteiger partial charge >= 0.3 is 11.9 Å². The number of carboxylic acid groups (broad SMARTS) is 2. The average Bonchev–Trinajstić information content (AvgIpc) is 3.37. The van der Waals surface area contributed by atoms with E-state index in [2.05, 4.69) is 21.3 Å². The third kappa shape index (κ3) is 9.38. The molecule has 1 aromatic rings. The second-order valence-corrected chi connectivity index (χ2v) is 9.41. The lowest BCUT2D eigenvalue weighted by Gasteiger charge is -2.25. The van der Waals surface area contributed by atoms with Gasteiger partial charge in [-0.15, -0.1) is 0 Å². The van der Waals surface area contributed by atoms with Crippen LogP contribution in [0.25, 0.3) is 0 Å². The van der Waals surface area contributed by atoms with Crippen molar-refractivity contribution in [1.29, 1.82) is 0 Å². The molecule has 1 fully saturated rings. The lowest BCUT2D eigenvalue weighted by Crippen LogP contribution is -2.57. The van der Waals surface area contributed by atoms with Crippen LogP contribution in [-0.2, 0) is 30.4 Å². The summed E-state index contributed by atoms with van der Waals surface area (Å²) >= 11 is 1.48. The van der Waals surface area contributed by atoms with Crippen LogP contribution in [0.4, 0.5) is 0 Å². The predicted molar refractivity (Wildman–Crippen MR) is 132 cm³/mol. The van der Waals surface area contributed by atoms with Crippen LogP contribution in [0.2, 0.25) is 0 Å². The summed E-state index contributed by atoms with van der Waals surface area (Å²) in [6.07, 6.45) is 2.73. The van der Waals surface area contributed by atoms with E-state index in [0.717, 1.165) is 6.42 Å². The minimum atomic E-state index is -1.70. The Balaban J connectivity index is 2.21. The summed E-state index contributed by atoms with van der Waals surface area (Å²) in [4.78, 5) is 61.2. The molecule has 1 heterocycles. The maximum Gasteiger partial charge on any atom is 0.326 e. The van der Waals surface area contributed by atoms with E-state index in [1.165, 1.54) is 36.0 Å². The van der Waals surface area contributed by atoms with Gasteiger partial charge in [-0.05, 0) is 55.5 Å². The summed E-state index contributed by atoms with van der Waals surface area (Å²) in [6.45, 7) is 0.704. The van der Waals surface area contributed by atoms with Crippen LogP contribution in [0.3, 0.4) is 0 Å². The molecule has 1 aliphatic rings. The van der Waals surface area contributed by atoms with Crippen LogP contribution in [0.1, 0.15) is 31.2 Å². The zero-order chi connectivity index (χ0) is 26.7. The number of thioether (sulfide) groups is 1. The topological polar surface area (TPSA) is 194 Å². The number of amides is 3. The second-order valence-electron chi connectivity index (χ2n) is 8.42. The molecule has 1 saturated heterocycles. The first-order chi connectivity index (χ1) is 17.1. The fraction of sp³-hybridized carbons (Fsp3) is 0.522. The molecule has 4 unspecified atom stereocenters. The zero-order valence-corrected chi connectivity index (χ0v) is 20.7. The molecule has 0 spiro atoms. The zero-order valence-electron chi connectivity index (χ0n) is 19.9. The van der Waals surface area contributed by atoms with Crippen molar-refractivity contribution in [3.05, 3.63) is 29.8 Å². The molecule has 4 atom stereocenters. The van der Waals surface area contributed by atoms with Crippen LogP contribution >= 0.6 is 11.8 Å². The van der Waals surface area contributed by atoms with Crippen molar-refractivity contribution < 1.29 is 39.3 Å². The van der Waals surface area contributed by atoms with E-state index in [4.69, 9.17) is 5.11 Å². The molecule has 12 nitrogen and oxygen atoms in total. The molecule has 0 bridgehead atoms. The Bertz CT molecular complexity index is 937. The Morgan fingerprint density at radius 1 is 1.00 bits per heavy atom. The predicted octanol–water partition coefficient (Wildman–Crippen LogP) is -0.546. The first-order valence-electron chi connectivity index (χ1n) is 11.5. The highest BCUT2D eigenvalue weighted by Crippen LogP contribution is 2.13. The summed E-state index contributed by atoms with van der Waals surface area (Å²) in [7, 11) is 0. The summed E-state index contributed by atoms with van der Waals surface area (Å²) in [5.74, 6) is -4.23. The summed E-state index contributed by atoms with van der Waals surface area (Å²) < 4.78 is 0. The number of hydrogen-bond donors (Lipinski definition) is 7. The highest BCUT2D eigenvalue weighted by atomic mass is 32.2. The molecule has 36 heavy (non-hydrogen) atoms. The molecule has 0 aromatic heterocycles. The molecule has 0 saturated carbocycles. The van der Waals surface area contributed by atoms with Gasteiger partial charge in [0.15, 0.2) is 0 Å². The van der Waals surface area contributed by atoms with E-state index < -0.39 is 54.3 Å². The quantitative estimate of drug-likeness (QED) is 0.166. The van der Waals surface area contributed by atoms with Gasteiger partial charge in [0.1, 0.15) is 23.9 Å². The van der Waals surface area contributed by atoms with Crippen molar-refractivity contribution >= 4 is 41.4 Å². The first-order valence-corrected chi connectivity index (χ1v) is 12.9.